The first kappa shape index (κ1) is 50.3. The van der Waals surface area contributed by atoms with Crippen LogP contribution in [0.5, 0.6) is 5.75 Å². The first-order valence-corrected chi connectivity index (χ1v) is 19.8. The molecule has 0 radical (unpaired) electrons. The van der Waals surface area contributed by atoms with Crippen molar-refractivity contribution in [2.75, 3.05) is 13.1 Å². The number of nitrogens with one attached hydrogen (secondary N) is 4. The standard InChI is InChI=1S/C39H62N10O11/c1-19(2)15-26(28(51)16-21(5)33(41)55)46-35(57)25(12-13-30(53)54)45-37(59)32(20(3)4)49-18-29(52)31(38(49)60)48-36(58)27(17-22-8-10-23(50)11-9-22)47-34(56)24(40)7-6-14-44-39(42)43/h8-11,19-21,24-27,29,31-32,50,52H,6-7,12-18,40H2,1-5H3,(H2,41,55)(H,45,59)(H,46,57)(H,47,56)(H,48,58)(H,53,54)(H4,42,43,44). The van der Waals surface area contributed by atoms with Crippen molar-refractivity contribution < 1.29 is 53.7 Å². The largest absolute Gasteiger partial charge is 0.508 e. The third-order valence-corrected chi connectivity index (χ3v) is 9.85. The number of aromatic hydroxyl groups is 1. The molecule has 15 N–H and O–H groups in total. The molecule has 6 amide bonds. The van der Waals surface area contributed by atoms with Crippen molar-refractivity contribution >= 4 is 53.2 Å². The number of guanidine groups is 1. The van der Waals surface area contributed by atoms with Crippen LogP contribution >= 0.6 is 0 Å². The molecule has 0 aromatic heterocycles. The number of aliphatic hydroxyl groups is 1. The molecule has 2 rings (SSSR count). The molecule has 1 aromatic carbocycles. The van der Waals surface area contributed by atoms with E-state index in [1.165, 1.54) is 31.2 Å². The summed E-state index contributed by atoms with van der Waals surface area (Å²) in [6.45, 7) is 8.07. The van der Waals surface area contributed by atoms with Crippen LogP contribution in [-0.4, -0.2) is 129 Å². The Balaban J connectivity index is 2.31. The number of carboxylic acid groups (broad SMARTS) is 1. The van der Waals surface area contributed by atoms with Crippen molar-refractivity contribution in [3.63, 3.8) is 0 Å². The van der Waals surface area contributed by atoms with Crippen molar-refractivity contribution in [1.82, 2.24) is 26.2 Å². The number of primary amides is 1. The second kappa shape index (κ2) is 23.7. The molecular formula is C39H62N10O11. The molecule has 1 heterocycles. The topological polar surface area (TPSA) is 365 Å². The third kappa shape index (κ3) is 16.1. The summed E-state index contributed by atoms with van der Waals surface area (Å²) in [4.78, 5) is 110. The lowest BCUT2D eigenvalue weighted by Crippen LogP contribution is -2.59. The van der Waals surface area contributed by atoms with Gasteiger partial charge in [-0.2, -0.15) is 0 Å². The Hall–Kier alpha value is -5.83. The summed E-state index contributed by atoms with van der Waals surface area (Å²) < 4.78 is 0. The number of hydrogen-bond donors (Lipinski definition) is 11. The summed E-state index contributed by atoms with van der Waals surface area (Å²) in [5, 5.41) is 40.4. The summed E-state index contributed by atoms with van der Waals surface area (Å²) in [6, 6.07) is -2.04. The van der Waals surface area contributed by atoms with Crippen LogP contribution in [0.4, 0.5) is 0 Å². The number of nitrogens with zero attached hydrogens (tertiary/aromatic N) is 2. The molecular weight excluding hydrogens is 784 g/mol. The van der Waals surface area contributed by atoms with Gasteiger partial charge in [-0.15, -0.1) is 0 Å². The second-order valence-corrected chi connectivity index (χ2v) is 15.9. The Morgan fingerprint density at radius 2 is 1.45 bits per heavy atom. The molecule has 1 aliphatic rings. The number of nitrogens with two attached hydrogens (primary N) is 4. The highest BCUT2D eigenvalue weighted by Crippen LogP contribution is 2.22. The number of Topliss-reactive ketones (excluding diaryl/α,β-unsaturated/α-hetero) is 1. The van der Waals surface area contributed by atoms with Crippen LogP contribution in [0.3, 0.4) is 0 Å². The zero-order valence-corrected chi connectivity index (χ0v) is 34.8. The normalized spacial score (nSPS) is 18.1. The number of rotatable bonds is 25. The number of likely N-dealkylation sites (tertiary alicyclic amines) is 1. The Bertz CT molecular complexity index is 1720. The van der Waals surface area contributed by atoms with E-state index in [0.29, 0.717) is 12.0 Å². The molecule has 0 aliphatic carbocycles. The van der Waals surface area contributed by atoms with E-state index in [9.17, 15) is 53.7 Å². The van der Waals surface area contributed by atoms with Crippen molar-refractivity contribution in [1.29, 1.82) is 0 Å². The summed E-state index contributed by atoms with van der Waals surface area (Å²) in [5.41, 5.74) is 22.6. The Kier molecular flexibility index (Phi) is 19.9. The first-order chi connectivity index (χ1) is 28.0. The van der Waals surface area contributed by atoms with E-state index in [2.05, 4.69) is 26.3 Å². The highest BCUT2D eigenvalue weighted by atomic mass is 16.4. The lowest BCUT2D eigenvalue weighted by molar-refractivity contribution is -0.142. The van der Waals surface area contributed by atoms with E-state index in [1.54, 1.807) is 27.7 Å². The minimum absolute atomic E-state index is 0.0407. The fraction of sp³-hybridized carbons (Fsp3) is 0.615. The number of aliphatic imine (C=N–C) groups is 1. The fourth-order valence-electron chi connectivity index (χ4n) is 6.57. The zero-order valence-electron chi connectivity index (χ0n) is 34.8. The number of phenolic OH excluding ortho intramolecular Hbond substituents is 1. The number of amides is 6. The zero-order chi connectivity index (χ0) is 45.4. The minimum atomic E-state index is -1.57. The highest BCUT2D eigenvalue weighted by molar-refractivity contribution is 5.98. The summed E-state index contributed by atoms with van der Waals surface area (Å²) in [6.07, 6.45) is -2.15. The molecule has 1 aliphatic heterocycles. The van der Waals surface area contributed by atoms with Gasteiger partial charge in [0.05, 0.1) is 18.6 Å². The number of ketones is 1. The van der Waals surface area contributed by atoms with E-state index in [4.69, 9.17) is 22.9 Å². The molecule has 60 heavy (non-hydrogen) atoms. The number of carbonyl (C=O) groups excluding carboxylic acids is 7. The average molecular weight is 847 g/mol. The van der Waals surface area contributed by atoms with E-state index >= 15 is 0 Å². The van der Waals surface area contributed by atoms with Gasteiger partial charge in [0, 0.05) is 31.7 Å². The molecule has 8 unspecified atom stereocenters. The molecule has 21 heteroatoms. The number of carbonyl (C=O) groups is 8. The quantitative estimate of drug-likeness (QED) is 0.0275. The Labute approximate surface area is 348 Å². The van der Waals surface area contributed by atoms with Gasteiger partial charge in [0.1, 0.15) is 36.0 Å². The summed E-state index contributed by atoms with van der Waals surface area (Å²) in [5.74, 6) is -8.33. The van der Waals surface area contributed by atoms with Crippen LogP contribution in [0.25, 0.3) is 0 Å². The van der Waals surface area contributed by atoms with Gasteiger partial charge < -0.3 is 64.4 Å². The lowest BCUT2D eigenvalue weighted by atomic mass is 9.93. The molecule has 1 fully saturated rings. The van der Waals surface area contributed by atoms with Crippen molar-refractivity contribution in [3.05, 3.63) is 29.8 Å². The molecule has 334 valence electrons. The maximum atomic E-state index is 14.0. The monoisotopic (exact) mass is 846 g/mol. The number of benzene rings is 1. The van der Waals surface area contributed by atoms with Gasteiger partial charge in [0.15, 0.2) is 11.7 Å². The highest BCUT2D eigenvalue weighted by Gasteiger charge is 2.47. The van der Waals surface area contributed by atoms with E-state index < -0.39 is 114 Å². The van der Waals surface area contributed by atoms with Crippen LogP contribution in [0.15, 0.2) is 29.3 Å². The molecule has 21 nitrogen and oxygen atoms in total. The first-order valence-electron chi connectivity index (χ1n) is 19.8. The fourth-order valence-corrected chi connectivity index (χ4v) is 6.57. The van der Waals surface area contributed by atoms with Gasteiger partial charge in [0.25, 0.3) is 0 Å². The second-order valence-electron chi connectivity index (χ2n) is 15.9. The number of aliphatic hydroxyl groups excluding tert-OH is 1. The summed E-state index contributed by atoms with van der Waals surface area (Å²) in [7, 11) is 0. The van der Waals surface area contributed by atoms with Crippen LogP contribution in [0.1, 0.15) is 78.7 Å². The van der Waals surface area contributed by atoms with Crippen LogP contribution in [-0.2, 0) is 44.8 Å². The molecule has 0 saturated carbocycles. The molecule has 8 atom stereocenters. The number of phenols is 1. The third-order valence-electron chi connectivity index (χ3n) is 9.85. The van der Waals surface area contributed by atoms with Crippen LogP contribution < -0.4 is 44.2 Å². The summed E-state index contributed by atoms with van der Waals surface area (Å²) >= 11 is 0. The van der Waals surface area contributed by atoms with Gasteiger partial charge >= 0.3 is 5.97 Å². The van der Waals surface area contributed by atoms with Crippen molar-refractivity contribution in [2.45, 2.75) is 122 Å². The number of β-amino-alcohol motifs (C(OH)–C–C–N with tert-alkyl or cyclic N) is 1. The number of hydrogen-bond acceptors (Lipinski definition) is 12. The average Bonchev–Trinajstić information content (AvgIpc) is 3.42. The van der Waals surface area contributed by atoms with Crippen LogP contribution in [0.2, 0.25) is 0 Å². The van der Waals surface area contributed by atoms with Gasteiger partial charge in [-0.25, -0.2) is 0 Å². The van der Waals surface area contributed by atoms with Gasteiger partial charge in [0.2, 0.25) is 35.4 Å². The van der Waals surface area contributed by atoms with Gasteiger partial charge in [-0.05, 0) is 55.2 Å². The van der Waals surface area contributed by atoms with Gasteiger partial charge in [-0.1, -0.05) is 46.8 Å². The molecule has 0 bridgehead atoms. The van der Waals surface area contributed by atoms with E-state index in [0.717, 1.165) is 4.90 Å². The SMILES string of the molecule is CC(C)CC(NC(=O)C(CCC(=O)O)NC(=O)C(C(C)C)N1CC(O)C(NC(=O)C(Cc2ccc(O)cc2)NC(=O)C(N)CCCN=C(N)N)C1=O)C(=O)CC(C)C(N)=O. The molecule has 1 saturated heterocycles. The van der Waals surface area contributed by atoms with Crippen molar-refractivity contribution in [2.24, 2.45) is 45.7 Å². The van der Waals surface area contributed by atoms with Crippen LogP contribution in [0, 0.1) is 17.8 Å². The predicted octanol–water partition coefficient (Wildman–Crippen LogP) is -2.53. The minimum Gasteiger partial charge on any atom is -0.508 e. The predicted molar refractivity (Wildman–Crippen MR) is 218 cm³/mol. The van der Waals surface area contributed by atoms with Gasteiger partial charge in [-0.3, -0.25) is 43.3 Å². The van der Waals surface area contributed by atoms with E-state index in [-0.39, 0.29) is 56.3 Å². The Morgan fingerprint density at radius 3 is 2.00 bits per heavy atom. The maximum absolute atomic E-state index is 14.0. The smallest absolute Gasteiger partial charge is 0.303 e. The lowest BCUT2D eigenvalue weighted by Gasteiger charge is -2.32. The molecule has 1 aromatic rings. The number of aliphatic carboxylic acids is 1. The number of carboxylic acids is 1. The van der Waals surface area contributed by atoms with E-state index in [1.807, 2.05) is 0 Å². The Morgan fingerprint density at radius 1 is 0.850 bits per heavy atom. The molecule has 0 spiro atoms. The van der Waals surface area contributed by atoms with Crippen molar-refractivity contribution in [3.8, 4) is 5.75 Å². The maximum Gasteiger partial charge on any atom is 0.303 e.